The molecule has 9 heteroatoms. The molecule has 2 N–H and O–H groups in total. The Kier molecular flexibility index (Phi) is 2.95. The molecule has 3 aromatic heterocycles. The number of carboxylic acids is 1. The summed E-state index contributed by atoms with van der Waals surface area (Å²) in [6, 6.07) is 6.16. The monoisotopic (exact) mass is 289 g/mol. The lowest BCUT2D eigenvalue weighted by Crippen LogP contribution is -2.12. The molecule has 0 fully saturated rings. The lowest BCUT2D eigenvalue weighted by atomic mass is 10.3. The predicted molar refractivity (Wildman–Crippen MR) is 68.9 cm³/mol. The molecule has 20 heavy (non-hydrogen) atoms. The summed E-state index contributed by atoms with van der Waals surface area (Å²) in [5.41, 5.74) is 0.116. The van der Waals surface area contributed by atoms with Gasteiger partial charge in [0.1, 0.15) is 10.1 Å². The highest BCUT2D eigenvalue weighted by molar-refractivity contribution is 7.99. The van der Waals surface area contributed by atoms with E-state index in [1.165, 1.54) is 18.3 Å². The number of aromatic carboxylic acids is 1. The van der Waals surface area contributed by atoms with Gasteiger partial charge in [-0.3, -0.25) is 0 Å². The number of pyridine rings is 1. The van der Waals surface area contributed by atoms with Gasteiger partial charge in [0.2, 0.25) is 0 Å². The van der Waals surface area contributed by atoms with Crippen molar-refractivity contribution in [1.29, 1.82) is 0 Å². The van der Waals surface area contributed by atoms with Crippen LogP contribution in [0, 0.1) is 0 Å². The second-order valence-corrected chi connectivity index (χ2v) is 4.80. The third kappa shape index (κ3) is 2.26. The highest BCUT2D eigenvalue weighted by Crippen LogP contribution is 2.24. The largest absolute Gasteiger partial charge is 0.478 e. The van der Waals surface area contributed by atoms with Crippen LogP contribution in [0.2, 0.25) is 0 Å². The average molecular weight is 289 g/mol. The minimum atomic E-state index is -1.02. The van der Waals surface area contributed by atoms with Gasteiger partial charge in [-0.05, 0) is 36.0 Å². The fourth-order valence-corrected chi connectivity index (χ4v) is 2.32. The van der Waals surface area contributed by atoms with Crippen molar-refractivity contribution in [1.82, 2.24) is 24.8 Å². The summed E-state index contributed by atoms with van der Waals surface area (Å²) in [5.74, 6) is -1.02. The first-order valence-electron chi connectivity index (χ1n) is 5.45. The van der Waals surface area contributed by atoms with Crippen LogP contribution in [0.25, 0.3) is 5.65 Å². The van der Waals surface area contributed by atoms with Gasteiger partial charge in [-0.1, -0.05) is 0 Å². The highest BCUT2D eigenvalue weighted by atomic mass is 32.2. The van der Waals surface area contributed by atoms with Crippen LogP contribution >= 0.6 is 11.8 Å². The van der Waals surface area contributed by atoms with Gasteiger partial charge in [-0.25, -0.2) is 19.7 Å². The van der Waals surface area contributed by atoms with Gasteiger partial charge in [-0.2, -0.15) is 14.7 Å². The summed E-state index contributed by atoms with van der Waals surface area (Å²) < 4.78 is 1.13. The first-order valence-corrected chi connectivity index (χ1v) is 6.27. The van der Waals surface area contributed by atoms with Gasteiger partial charge < -0.3 is 5.11 Å². The molecule has 3 heterocycles. The number of rotatable bonds is 3. The summed E-state index contributed by atoms with van der Waals surface area (Å²) in [5, 5.41) is 20.0. The summed E-state index contributed by atoms with van der Waals surface area (Å²) in [6.45, 7) is 0. The highest BCUT2D eigenvalue weighted by Gasteiger charge is 2.08. The third-order valence-corrected chi connectivity index (χ3v) is 3.30. The second kappa shape index (κ2) is 4.78. The molecular weight excluding hydrogens is 282 g/mol. The number of aromatic nitrogens is 5. The first kappa shape index (κ1) is 12.4. The number of carbonyl (C=O) groups is 1. The Morgan fingerprint density at radius 3 is 2.95 bits per heavy atom. The van der Waals surface area contributed by atoms with E-state index < -0.39 is 11.7 Å². The Morgan fingerprint density at radius 2 is 2.15 bits per heavy atom. The van der Waals surface area contributed by atoms with E-state index in [9.17, 15) is 9.59 Å². The Bertz CT molecular complexity index is 856. The fourth-order valence-electron chi connectivity index (χ4n) is 1.55. The van der Waals surface area contributed by atoms with E-state index in [-0.39, 0.29) is 5.56 Å². The molecular formula is C11H7N5O3S. The summed E-state index contributed by atoms with van der Waals surface area (Å²) in [6.07, 6.45) is 1.41. The lowest BCUT2D eigenvalue weighted by Gasteiger charge is -2.01. The molecule has 0 aliphatic rings. The zero-order valence-corrected chi connectivity index (χ0v) is 10.7. The van der Waals surface area contributed by atoms with E-state index in [4.69, 9.17) is 5.11 Å². The Balaban J connectivity index is 1.96. The summed E-state index contributed by atoms with van der Waals surface area (Å²) in [4.78, 5) is 26.3. The van der Waals surface area contributed by atoms with Crippen molar-refractivity contribution < 1.29 is 9.90 Å². The maximum atomic E-state index is 11.4. The minimum absolute atomic E-state index is 0.143. The van der Waals surface area contributed by atoms with Crippen molar-refractivity contribution >= 4 is 23.4 Å². The molecule has 0 radical (unpaired) electrons. The number of H-pyrrole nitrogens is 1. The number of nitrogens with zero attached hydrogens (tertiary/aromatic N) is 4. The van der Waals surface area contributed by atoms with Crippen molar-refractivity contribution in [2.45, 2.75) is 10.1 Å². The average Bonchev–Trinajstić information content (AvgIpc) is 2.81. The molecule has 100 valence electrons. The second-order valence-electron chi connectivity index (χ2n) is 3.76. The maximum absolute atomic E-state index is 11.4. The standard InChI is InChI=1S/C11H7N5O3S/c17-10(18)6-3-4-12-9(5-6)20-8-2-1-7-13-14-11(19)16(7)15-8/h1-5H,(H,14,19)(H,17,18). The van der Waals surface area contributed by atoms with Crippen molar-refractivity contribution in [2.24, 2.45) is 0 Å². The summed E-state index contributed by atoms with van der Waals surface area (Å²) >= 11 is 1.16. The number of nitrogens with one attached hydrogen (secondary N) is 1. The van der Waals surface area contributed by atoms with Gasteiger partial charge in [0, 0.05) is 6.20 Å². The van der Waals surface area contributed by atoms with Gasteiger partial charge in [0.15, 0.2) is 5.65 Å². The minimum Gasteiger partial charge on any atom is -0.478 e. The van der Waals surface area contributed by atoms with E-state index in [2.05, 4.69) is 20.3 Å². The van der Waals surface area contributed by atoms with Crippen LogP contribution in [0.5, 0.6) is 0 Å². The zero-order chi connectivity index (χ0) is 14.1. The molecule has 8 nitrogen and oxygen atoms in total. The lowest BCUT2D eigenvalue weighted by molar-refractivity contribution is 0.0696. The topological polar surface area (TPSA) is 113 Å². The van der Waals surface area contributed by atoms with Crippen LogP contribution in [0.3, 0.4) is 0 Å². The Labute approximate surface area is 115 Å². The van der Waals surface area contributed by atoms with Gasteiger partial charge in [0.05, 0.1) is 5.56 Å². The van der Waals surface area contributed by atoms with Crippen LogP contribution in [0.15, 0.2) is 45.3 Å². The number of aromatic amines is 1. The fraction of sp³-hybridized carbons (Fsp3) is 0. The smallest absolute Gasteiger partial charge is 0.364 e. The SMILES string of the molecule is O=C(O)c1ccnc(Sc2ccc3n[nH]c(=O)n3n2)c1. The number of hydrogen-bond acceptors (Lipinski definition) is 6. The van der Waals surface area contributed by atoms with E-state index in [0.717, 1.165) is 16.3 Å². The van der Waals surface area contributed by atoms with Crippen LogP contribution in [-0.2, 0) is 0 Å². The molecule has 0 amide bonds. The van der Waals surface area contributed by atoms with E-state index >= 15 is 0 Å². The molecule has 0 saturated carbocycles. The van der Waals surface area contributed by atoms with Crippen molar-refractivity contribution in [3.8, 4) is 0 Å². The summed E-state index contributed by atoms with van der Waals surface area (Å²) in [7, 11) is 0. The molecule has 0 spiro atoms. The molecule has 0 bridgehead atoms. The Hall–Kier alpha value is -2.68. The molecule has 0 atom stereocenters. The molecule has 3 aromatic rings. The van der Waals surface area contributed by atoms with Crippen molar-refractivity contribution in [3.63, 3.8) is 0 Å². The molecule has 0 aliphatic heterocycles. The third-order valence-electron chi connectivity index (χ3n) is 2.44. The maximum Gasteiger partial charge on any atom is 0.364 e. The van der Waals surface area contributed by atoms with Crippen molar-refractivity contribution in [3.05, 3.63) is 46.5 Å². The van der Waals surface area contributed by atoms with Gasteiger partial charge >= 0.3 is 11.7 Å². The molecule has 0 unspecified atom stereocenters. The molecule has 0 aliphatic carbocycles. The zero-order valence-electron chi connectivity index (χ0n) is 9.85. The van der Waals surface area contributed by atoms with Crippen LogP contribution in [0.1, 0.15) is 10.4 Å². The van der Waals surface area contributed by atoms with Gasteiger partial charge in [0.25, 0.3) is 0 Å². The van der Waals surface area contributed by atoms with Gasteiger partial charge in [-0.15, -0.1) is 0 Å². The van der Waals surface area contributed by atoms with E-state index in [1.54, 1.807) is 12.1 Å². The van der Waals surface area contributed by atoms with Crippen LogP contribution < -0.4 is 5.69 Å². The van der Waals surface area contributed by atoms with Crippen molar-refractivity contribution in [2.75, 3.05) is 0 Å². The molecule has 0 aromatic carbocycles. The van der Waals surface area contributed by atoms with E-state index in [0.29, 0.717) is 15.7 Å². The van der Waals surface area contributed by atoms with E-state index in [1.807, 2.05) is 0 Å². The van der Waals surface area contributed by atoms with Crippen LogP contribution in [-0.4, -0.2) is 35.9 Å². The first-order chi connectivity index (χ1) is 9.63. The predicted octanol–water partition coefficient (Wildman–Crippen LogP) is 0.662. The number of hydrogen-bond donors (Lipinski definition) is 2. The normalized spacial score (nSPS) is 10.8. The number of fused-ring (bicyclic) bond motifs is 1. The molecule has 3 rings (SSSR count). The Morgan fingerprint density at radius 1 is 1.30 bits per heavy atom. The van der Waals surface area contributed by atoms with Crippen LogP contribution in [0.4, 0.5) is 0 Å². The number of carboxylic acid groups (broad SMARTS) is 1. The molecule has 0 saturated heterocycles. The quantitative estimate of drug-likeness (QED) is 0.728.